The molecule has 3 heteroatoms. The Hall–Kier alpha value is -1.74. The molecule has 1 aromatic carbocycles. The van der Waals surface area contributed by atoms with Crippen LogP contribution in [0.2, 0.25) is 0 Å². The molecule has 0 saturated carbocycles. The molecule has 0 radical (unpaired) electrons. The summed E-state index contributed by atoms with van der Waals surface area (Å²) in [7, 11) is 0. The normalized spacial score (nSPS) is 12.6. The third-order valence-electron chi connectivity index (χ3n) is 3.23. The van der Waals surface area contributed by atoms with E-state index in [0.29, 0.717) is 0 Å². The fraction of sp³-hybridized carbons (Fsp3) is 0.444. The molecular formula is C18H25NO2. The van der Waals surface area contributed by atoms with Crippen molar-refractivity contribution >= 4 is 0 Å². The predicted molar refractivity (Wildman–Crippen MR) is 85.8 cm³/mol. The van der Waals surface area contributed by atoms with Crippen molar-refractivity contribution in [2.75, 3.05) is 6.54 Å². The van der Waals surface area contributed by atoms with Gasteiger partial charge in [-0.05, 0) is 63.6 Å². The third kappa shape index (κ3) is 4.36. The number of hydrogen-bond donors (Lipinski definition) is 1. The Morgan fingerprint density at radius 3 is 2.33 bits per heavy atom. The number of ether oxygens (including phenoxy) is 1. The topological polar surface area (TPSA) is 34.4 Å². The van der Waals surface area contributed by atoms with Gasteiger partial charge in [0.15, 0.2) is 0 Å². The van der Waals surface area contributed by atoms with Crippen LogP contribution >= 0.6 is 0 Å². The summed E-state index contributed by atoms with van der Waals surface area (Å²) in [6.07, 6.45) is 1.28. The molecule has 3 nitrogen and oxygen atoms in total. The fourth-order valence-electron chi connectivity index (χ4n) is 2.29. The number of furan rings is 1. The van der Waals surface area contributed by atoms with Crippen LogP contribution in [0.5, 0.6) is 5.75 Å². The summed E-state index contributed by atoms with van der Waals surface area (Å²) in [5.41, 5.74) is 1.19. The van der Waals surface area contributed by atoms with Crippen LogP contribution in [0, 0.1) is 6.92 Å². The average molecular weight is 287 g/mol. The van der Waals surface area contributed by atoms with Crippen LogP contribution in [0.3, 0.4) is 0 Å². The standard InChI is InChI=1S/C18H25NO2/c1-5-12-19-18(17-11-6-14(4)21-17)15-7-9-16(10-8-15)20-13(2)3/h6-11,13,18-19H,5,12H2,1-4H3. The zero-order chi connectivity index (χ0) is 15.2. The van der Waals surface area contributed by atoms with E-state index in [0.717, 1.165) is 30.2 Å². The Balaban J connectivity index is 2.20. The summed E-state index contributed by atoms with van der Waals surface area (Å²) in [5, 5.41) is 3.54. The van der Waals surface area contributed by atoms with Gasteiger partial charge in [0.1, 0.15) is 17.3 Å². The van der Waals surface area contributed by atoms with Gasteiger partial charge < -0.3 is 14.5 Å². The Labute approximate surface area is 127 Å². The van der Waals surface area contributed by atoms with Gasteiger partial charge in [-0.2, -0.15) is 0 Å². The largest absolute Gasteiger partial charge is 0.491 e. The van der Waals surface area contributed by atoms with Gasteiger partial charge in [0.05, 0.1) is 12.1 Å². The van der Waals surface area contributed by atoms with Crippen molar-refractivity contribution in [2.45, 2.75) is 46.3 Å². The molecule has 114 valence electrons. The maximum atomic E-state index is 5.80. The molecule has 2 rings (SSSR count). The first-order valence-corrected chi connectivity index (χ1v) is 7.66. The number of aryl methyl sites for hydroxylation is 1. The fourth-order valence-corrected chi connectivity index (χ4v) is 2.29. The van der Waals surface area contributed by atoms with Crippen LogP contribution in [-0.4, -0.2) is 12.6 Å². The summed E-state index contributed by atoms with van der Waals surface area (Å²) < 4.78 is 11.5. The molecule has 21 heavy (non-hydrogen) atoms. The molecule has 0 amide bonds. The predicted octanol–water partition coefficient (Wildman–Crippen LogP) is 4.46. The lowest BCUT2D eigenvalue weighted by Crippen LogP contribution is -2.22. The van der Waals surface area contributed by atoms with Gasteiger partial charge in [0.25, 0.3) is 0 Å². The Bertz CT molecular complexity index is 543. The lowest BCUT2D eigenvalue weighted by molar-refractivity contribution is 0.242. The highest BCUT2D eigenvalue weighted by molar-refractivity contribution is 5.33. The Morgan fingerprint density at radius 1 is 1.10 bits per heavy atom. The van der Waals surface area contributed by atoms with Crippen molar-refractivity contribution in [3.05, 3.63) is 53.5 Å². The summed E-state index contributed by atoms with van der Waals surface area (Å²) in [4.78, 5) is 0. The average Bonchev–Trinajstić information content (AvgIpc) is 2.87. The molecule has 0 bridgehead atoms. The van der Waals surface area contributed by atoms with Crippen LogP contribution in [0.25, 0.3) is 0 Å². The maximum Gasteiger partial charge on any atom is 0.125 e. The first-order valence-electron chi connectivity index (χ1n) is 7.66. The highest BCUT2D eigenvalue weighted by Gasteiger charge is 2.16. The summed E-state index contributed by atoms with van der Waals surface area (Å²) >= 11 is 0. The van der Waals surface area contributed by atoms with E-state index in [9.17, 15) is 0 Å². The molecule has 1 aromatic heterocycles. The molecule has 1 N–H and O–H groups in total. The van der Waals surface area contributed by atoms with Gasteiger partial charge in [-0.25, -0.2) is 0 Å². The molecule has 2 aromatic rings. The molecule has 0 aliphatic rings. The van der Waals surface area contributed by atoms with Crippen LogP contribution < -0.4 is 10.1 Å². The van der Waals surface area contributed by atoms with Crippen molar-refractivity contribution in [3.8, 4) is 5.75 Å². The van der Waals surface area contributed by atoms with Gasteiger partial charge in [-0.15, -0.1) is 0 Å². The molecule has 0 saturated heterocycles. The van der Waals surface area contributed by atoms with Gasteiger partial charge in [0, 0.05) is 0 Å². The van der Waals surface area contributed by atoms with Gasteiger partial charge in [0.2, 0.25) is 0 Å². The second-order valence-corrected chi connectivity index (χ2v) is 5.57. The van der Waals surface area contributed by atoms with Crippen molar-refractivity contribution in [1.29, 1.82) is 0 Å². The van der Waals surface area contributed by atoms with E-state index in [2.05, 4.69) is 24.4 Å². The zero-order valence-electron chi connectivity index (χ0n) is 13.3. The quantitative estimate of drug-likeness (QED) is 0.816. The summed E-state index contributed by atoms with van der Waals surface area (Å²) in [6, 6.07) is 12.4. The lowest BCUT2D eigenvalue weighted by Gasteiger charge is -2.18. The monoisotopic (exact) mass is 287 g/mol. The van der Waals surface area contributed by atoms with Crippen molar-refractivity contribution < 1.29 is 9.15 Å². The summed E-state index contributed by atoms with van der Waals surface area (Å²) in [5.74, 6) is 2.80. The molecule has 1 heterocycles. The number of rotatable bonds is 7. The van der Waals surface area contributed by atoms with E-state index in [-0.39, 0.29) is 12.1 Å². The highest BCUT2D eigenvalue weighted by atomic mass is 16.5. The van der Waals surface area contributed by atoms with E-state index in [4.69, 9.17) is 9.15 Å². The molecule has 0 fully saturated rings. The number of benzene rings is 1. The van der Waals surface area contributed by atoms with Crippen LogP contribution in [0.4, 0.5) is 0 Å². The first-order chi connectivity index (χ1) is 10.1. The van der Waals surface area contributed by atoms with E-state index in [1.165, 1.54) is 5.56 Å². The van der Waals surface area contributed by atoms with Gasteiger partial charge >= 0.3 is 0 Å². The lowest BCUT2D eigenvalue weighted by atomic mass is 10.0. The van der Waals surface area contributed by atoms with E-state index < -0.39 is 0 Å². The molecular weight excluding hydrogens is 262 g/mol. The van der Waals surface area contributed by atoms with Crippen LogP contribution in [0.1, 0.15) is 50.3 Å². The minimum atomic E-state index is 0.0896. The highest BCUT2D eigenvalue weighted by Crippen LogP contribution is 2.26. The summed E-state index contributed by atoms with van der Waals surface area (Å²) in [6.45, 7) is 9.15. The minimum Gasteiger partial charge on any atom is -0.491 e. The Kier molecular flexibility index (Phi) is 5.45. The second-order valence-electron chi connectivity index (χ2n) is 5.57. The van der Waals surface area contributed by atoms with Crippen LogP contribution in [-0.2, 0) is 0 Å². The first kappa shape index (κ1) is 15.6. The molecule has 1 atom stereocenters. The number of hydrogen-bond acceptors (Lipinski definition) is 3. The third-order valence-corrected chi connectivity index (χ3v) is 3.23. The minimum absolute atomic E-state index is 0.0896. The molecule has 0 aliphatic heterocycles. The maximum absolute atomic E-state index is 5.80. The van der Waals surface area contributed by atoms with Crippen LogP contribution in [0.15, 0.2) is 40.8 Å². The van der Waals surface area contributed by atoms with Crippen molar-refractivity contribution in [2.24, 2.45) is 0 Å². The zero-order valence-corrected chi connectivity index (χ0v) is 13.3. The van der Waals surface area contributed by atoms with Gasteiger partial charge in [-0.1, -0.05) is 19.1 Å². The molecule has 0 spiro atoms. The van der Waals surface area contributed by atoms with Gasteiger partial charge in [-0.3, -0.25) is 0 Å². The van der Waals surface area contributed by atoms with E-state index in [1.807, 2.05) is 45.0 Å². The van der Waals surface area contributed by atoms with E-state index >= 15 is 0 Å². The Morgan fingerprint density at radius 2 is 1.81 bits per heavy atom. The second kappa shape index (κ2) is 7.32. The molecule has 0 aliphatic carbocycles. The van der Waals surface area contributed by atoms with E-state index in [1.54, 1.807) is 0 Å². The smallest absolute Gasteiger partial charge is 0.125 e. The van der Waals surface area contributed by atoms with Crippen molar-refractivity contribution in [3.63, 3.8) is 0 Å². The van der Waals surface area contributed by atoms with Crippen molar-refractivity contribution in [1.82, 2.24) is 5.32 Å². The number of nitrogens with one attached hydrogen (secondary N) is 1. The SMILES string of the molecule is CCCNC(c1ccc(OC(C)C)cc1)c1ccc(C)o1. The molecule has 1 unspecified atom stereocenters.